The summed E-state index contributed by atoms with van der Waals surface area (Å²) in [6.07, 6.45) is -1.08. The molecule has 2 unspecified atom stereocenters. The molecule has 1 amide bonds. The van der Waals surface area contributed by atoms with Crippen molar-refractivity contribution in [2.24, 2.45) is 0 Å². The fraction of sp³-hybridized carbons (Fsp3) is 0.500. The van der Waals surface area contributed by atoms with E-state index in [1.54, 1.807) is 40.7 Å². The second-order valence-corrected chi connectivity index (χ2v) is 8.70. The molecule has 0 aliphatic carbocycles. The van der Waals surface area contributed by atoms with Gasteiger partial charge in [-0.05, 0) is 40.2 Å². The number of carbonyl (C=O) groups is 1. The van der Waals surface area contributed by atoms with Gasteiger partial charge in [0.15, 0.2) is 5.76 Å². The number of aromatic nitrogens is 1. The minimum absolute atomic E-state index is 0.172. The minimum Gasteiger partial charge on any atom is -0.444 e. The Hall–Kier alpha value is -2.92. The summed E-state index contributed by atoms with van der Waals surface area (Å²) in [6, 6.07) is 10.2. The lowest BCUT2D eigenvalue weighted by Crippen LogP contribution is -2.50. The quantitative estimate of drug-likeness (QED) is 0.713. The summed E-state index contributed by atoms with van der Waals surface area (Å²) in [7, 11) is 0. The Morgan fingerprint density at radius 1 is 1.33 bits per heavy atom. The number of nitrogens with zero attached hydrogens (tertiary/aromatic N) is 3. The number of nitriles is 1. The topological polar surface area (TPSA) is 88.6 Å². The summed E-state index contributed by atoms with van der Waals surface area (Å²) < 4.78 is 30.9. The summed E-state index contributed by atoms with van der Waals surface area (Å²) in [5.74, 6) is 0.539. The lowest BCUT2D eigenvalue weighted by atomic mass is 10.0. The molecule has 30 heavy (non-hydrogen) atoms. The molecular formula is C22H26FN3O4. The smallest absolute Gasteiger partial charge is 0.413 e. The highest BCUT2D eigenvalue weighted by Gasteiger charge is 2.51. The number of hydrogen-bond donors (Lipinski definition) is 0. The van der Waals surface area contributed by atoms with Gasteiger partial charge >= 0.3 is 6.09 Å². The van der Waals surface area contributed by atoms with E-state index in [0.717, 1.165) is 11.1 Å². The van der Waals surface area contributed by atoms with Crippen molar-refractivity contribution in [3.8, 4) is 17.4 Å². The highest BCUT2D eigenvalue weighted by molar-refractivity contribution is 5.70. The fourth-order valence-electron chi connectivity index (χ4n) is 3.54. The zero-order valence-corrected chi connectivity index (χ0v) is 17.8. The molecule has 160 valence electrons. The van der Waals surface area contributed by atoms with E-state index in [1.807, 2.05) is 30.3 Å². The number of halogens is 1. The Morgan fingerprint density at radius 2 is 2.00 bits per heavy atom. The van der Waals surface area contributed by atoms with Crippen LogP contribution in [-0.2, 0) is 15.9 Å². The monoisotopic (exact) mass is 415 g/mol. The van der Waals surface area contributed by atoms with E-state index < -0.39 is 36.2 Å². The van der Waals surface area contributed by atoms with Gasteiger partial charge in [-0.1, -0.05) is 29.4 Å². The van der Waals surface area contributed by atoms with Gasteiger partial charge in [-0.15, -0.1) is 0 Å². The SMILES string of the molecule is CC(C)(C)OC(=O)N1C(CF)C(c2ccc(-c3cc(CC#N)no3)cc2)OC1(C)C. The van der Waals surface area contributed by atoms with Crippen LogP contribution < -0.4 is 0 Å². The lowest BCUT2D eigenvalue weighted by molar-refractivity contribution is -0.0797. The number of alkyl halides is 1. The molecule has 7 nitrogen and oxygen atoms in total. The predicted octanol–water partition coefficient (Wildman–Crippen LogP) is 4.79. The van der Waals surface area contributed by atoms with Crippen molar-refractivity contribution in [2.75, 3.05) is 6.67 Å². The lowest BCUT2D eigenvalue weighted by Gasteiger charge is -2.34. The minimum atomic E-state index is -1.03. The molecule has 8 heteroatoms. The van der Waals surface area contributed by atoms with E-state index in [4.69, 9.17) is 19.3 Å². The molecule has 3 rings (SSSR count). The van der Waals surface area contributed by atoms with Crippen molar-refractivity contribution in [3.63, 3.8) is 0 Å². The third kappa shape index (κ3) is 4.46. The number of rotatable bonds is 4. The Kier molecular flexibility index (Phi) is 5.86. The van der Waals surface area contributed by atoms with Gasteiger partial charge in [0.1, 0.15) is 24.1 Å². The average Bonchev–Trinajstić information content (AvgIpc) is 3.22. The van der Waals surface area contributed by atoms with Crippen LogP contribution in [0.2, 0.25) is 0 Å². The highest BCUT2D eigenvalue weighted by atomic mass is 19.1. The van der Waals surface area contributed by atoms with Crippen LogP contribution >= 0.6 is 0 Å². The maximum absolute atomic E-state index is 14.1. The van der Waals surface area contributed by atoms with Crippen LogP contribution in [0.4, 0.5) is 9.18 Å². The van der Waals surface area contributed by atoms with Gasteiger partial charge in [-0.25, -0.2) is 9.18 Å². The molecule has 0 saturated carbocycles. The van der Waals surface area contributed by atoms with Gasteiger partial charge in [0, 0.05) is 11.6 Å². The van der Waals surface area contributed by atoms with Crippen molar-refractivity contribution in [3.05, 3.63) is 41.6 Å². The molecule has 0 bridgehead atoms. The first-order valence-electron chi connectivity index (χ1n) is 9.74. The Balaban J connectivity index is 1.84. The highest BCUT2D eigenvalue weighted by Crippen LogP contribution is 2.42. The zero-order chi connectivity index (χ0) is 22.1. The molecule has 1 fully saturated rings. The summed E-state index contributed by atoms with van der Waals surface area (Å²) >= 11 is 0. The molecule has 0 radical (unpaired) electrons. The molecule has 2 aromatic rings. The molecule has 0 spiro atoms. The molecule has 0 N–H and O–H groups in total. The van der Waals surface area contributed by atoms with Crippen LogP contribution in [0, 0.1) is 11.3 Å². The van der Waals surface area contributed by atoms with Crippen molar-refractivity contribution in [1.82, 2.24) is 10.1 Å². The molecular weight excluding hydrogens is 389 g/mol. The van der Waals surface area contributed by atoms with Crippen LogP contribution in [0.25, 0.3) is 11.3 Å². The number of carbonyl (C=O) groups excluding carboxylic acids is 1. The standard InChI is InChI=1S/C22H26FN3O4/c1-21(2,3)29-20(27)26-17(13-23)19(28-22(26,4)5)15-8-6-14(7-9-15)18-12-16(10-11-24)25-30-18/h6-9,12,17,19H,10,13H2,1-5H3. The van der Waals surface area contributed by atoms with Crippen molar-refractivity contribution in [2.45, 2.75) is 64.5 Å². The van der Waals surface area contributed by atoms with E-state index in [2.05, 4.69) is 5.16 Å². The van der Waals surface area contributed by atoms with Crippen LogP contribution in [0.15, 0.2) is 34.9 Å². The van der Waals surface area contributed by atoms with Crippen LogP contribution in [0.3, 0.4) is 0 Å². The van der Waals surface area contributed by atoms with Gasteiger partial charge in [0.05, 0.1) is 24.2 Å². The van der Waals surface area contributed by atoms with E-state index >= 15 is 0 Å². The van der Waals surface area contributed by atoms with E-state index in [-0.39, 0.29) is 6.42 Å². The molecule has 1 aliphatic rings. The Bertz CT molecular complexity index is 941. The maximum Gasteiger partial charge on any atom is 0.413 e. The van der Waals surface area contributed by atoms with Gasteiger partial charge in [0.2, 0.25) is 0 Å². The first-order chi connectivity index (χ1) is 14.1. The summed E-state index contributed by atoms with van der Waals surface area (Å²) in [5.41, 5.74) is 0.336. The molecule has 2 heterocycles. The number of ether oxygens (including phenoxy) is 2. The van der Waals surface area contributed by atoms with Crippen molar-refractivity contribution >= 4 is 6.09 Å². The van der Waals surface area contributed by atoms with Gasteiger partial charge in [-0.2, -0.15) is 5.26 Å². The van der Waals surface area contributed by atoms with E-state index in [1.165, 1.54) is 4.90 Å². The van der Waals surface area contributed by atoms with Gasteiger partial charge < -0.3 is 14.0 Å². The molecule has 1 aliphatic heterocycles. The predicted molar refractivity (Wildman–Crippen MR) is 107 cm³/mol. The van der Waals surface area contributed by atoms with Crippen molar-refractivity contribution < 1.29 is 23.2 Å². The second-order valence-electron chi connectivity index (χ2n) is 8.70. The largest absolute Gasteiger partial charge is 0.444 e. The summed E-state index contributed by atoms with van der Waals surface area (Å²) in [5, 5.41) is 12.6. The second kappa shape index (κ2) is 8.07. The van der Waals surface area contributed by atoms with Gasteiger partial charge in [-0.3, -0.25) is 4.90 Å². The summed E-state index contributed by atoms with van der Waals surface area (Å²) in [4.78, 5) is 14.1. The molecule has 1 aromatic carbocycles. The first kappa shape index (κ1) is 21.8. The van der Waals surface area contributed by atoms with Crippen LogP contribution in [0.1, 0.15) is 52.0 Å². The number of benzene rings is 1. The third-order valence-corrected chi connectivity index (χ3v) is 4.77. The van der Waals surface area contributed by atoms with Crippen LogP contribution in [-0.4, -0.2) is 40.2 Å². The Labute approximate surface area is 175 Å². The molecule has 2 atom stereocenters. The van der Waals surface area contributed by atoms with Gasteiger partial charge in [0.25, 0.3) is 0 Å². The van der Waals surface area contributed by atoms with E-state index in [9.17, 15) is 9.18 Å². The molecule has 1 saturated heterocycles. The zero-order valence-electron chi connectivity index (χ0n) is 17.8. The van der Waals surface area contributed by atoms with E-state index in [0.29, 0.717) is 11.5 Å². The number of hydrogen-bond acceptors (Lipinski definition) is 6. The van der Waals surface area contributed by atoms with Crippen LogP contribution in [0.5, 0.6) is 0 Å². The first-order valence-corrected chi connectivity index (χ1v) is 9.74. The summed E-state index contributed by atoms with van der Waals surface area (Å²) in [6.45, 7) is 7.97. The Morgan fingerprint density at radius 3 is 2.57 bits per heavy atom. The maximum atomic E-state index is 14.1. The normalized spacial score (nSPS) is 20.8. The third-order valence-electron chi connectivity index (χ3n) is 4.77. The average molecular weight is 415 g/mol. The molecule has 1 aromatic heterocycles. The number of amides is 1. The fourth-order valence-corrected chi connectivity index (χ4v) is 3.54. The van der Waals surface area contributed by atoms with Crippen molar-refractivity contribution in [1.29, 1.82) is 5.26 Å².